The van der Waals surface area contributed by atoms with E-state index in [0.717, 1.165) is 12.8 Å². The number of hydrogen-bond donors (Lipinski definition) is 0. The molecule has 0 aromatic rings. The Bertz CT molecular complexity index is 244. The van der Waals surface area contributed by atoms with Crippen LogP contribution in [-0.4, -0.2) is 29.3 Å². The van der Waals surface area contributed by atoms with Crippen molar-refractivity contribution in [1.29, 1.82) is 0 Å². The Labute approximate surface area is 135 Å². The van der Waals surface area contributed by atoms with E-state index in [1.165, 1.54) is 25.7 Å². The first kappa shape index (κ1) is 21.3. The summed E-state index contributed by atoms with van der Waals surface area (Å²) in [6.07, 6.45) is 7.68. The lowest BCUT2D eigenvalue weighted by molar-refractivity contribution is 0.122. The Morgan fingerprint density at radius 3 is 1.33 bits per heavy atom. The molecule has 128 valence electrons. The molecule has 0 bridgehead atoms. The van der Waals surface area contributed by atoms with Gasteiger partial charge in [-0.15, -0.1) is 0 Å². The standard InChI is InChI=1S/C16H38O3Si2/c1-9-11-13-15(3)17-20(5,6)19-21(7,8)18-16(4)14-12-10-2/h15-16H,9-14H2,1-8H3. The highest BCUT2D eigenvalue weighted by Crippen LogP contribution is 2.22. The van der Waals surface area contributed by atoms with Crippen LogP contribution in [0.4, 0.5) is 0 Å². The molecule has 5 heteroatoms. The second kappa shape index (κ2) is 10.2. The van der Waals surface area contributed by atoms with Crippen molar-refractivity contribution in [3.63, 3.8) is 0 Å². The van der Waals surface area contributed by atoms with Crippen LogP contribution in [0, 0.1) is 0 Å². The average molecular weight is 335 g/mol. The molecular weight excluding hydrogens is 296 g/mol. The maximum atomic E-state index is 6.36. The van der Waals surface area contributed by atoms with Gasteiger partial charge >= 0.3 is 17.1 Å². The predicted octanol–water partition coefficient (Wildman–Crippen LogP) is 5.60. The van der Waals surface area contributed by atoms with E-state index in [2.05, 4.69) is 53.9 Å². The van der Waals surface area contributed by atoms with Crippen molar-refractivity contribution in [2.24, 2.45) is 0 Å². The minimum absolute atomic E-state index is 0.286. The molecule has 0 aromatic heterocycles. The lowest BCUT2D eigenvalue weighted by Crippen LogP contribution is -2.50. The van der Waals surface area contributed by atoms with Crippen LogP contribution >= 0.6 is 0 Å². The summed E-state index contributed by atoms with van der Waals surface area (Å²) in [5.74, 6) is 0. The van der Waals surface area contributed by atoms with E-state index >= 15 is 0 Å². The Morgan fingerprint density at radius 1 is 0.714 bits per heavy atom. The highest BCUT2D eigenvalue weighted by atomic mass is 28.5. The molecule has 3 nitrogen and oxygen atoms in total. The highest BCUT2D eigenvalue weighted by Gasteiger charge is 2.38. The molecule has 2 unspecified atom stereocenters. The summed E-state index contributed by atoms with van der Waals surface area (Å²) in [5, 5.41) is 0. The topological polar surface area (TPSA) is 27.7 Å². The fraction of sp³-hybridized carbons (Fsp3) is 1.00. The van der Waals surface area contributed by atoms with Crippen molar-refractivity contribution in [2.45, 2.75) is 105 Å². The number of unbranched alkanes of at least 4 members (excludes halogenated alkanes) is 2. The van der Waals surface area contributed by atoms with E-state index < -0.39 is 17.1 Å². The molecule has 0 rings (SSSR count). The summed E-state index contributed by atoms with van der Waals surface area (Å²) in [6, 6.07) is 0. The number of rotatable bonds is 12. The van der Waals surface area contributed by atoms with Gasteiger partial charge in [0.05, 0.1) is 0 Å². The normalized spacial score (nSPS) is 16.0. The van der Waals surface area contributed by atoms with Crippen LogP contribution in [-0.2, 0) is 13.0 Å². The SMILES string of the molecule is CCCCC(C)O[Si](C)(C)O[Si](C)(C)OC(C)CCCC. The Hall–Kier alpha value is 0.314. The summed E-state index contributed by atoms with van der Waals surface area (Å²) in [7, 11) is -4.23. The molecule has 0 saturated carbocycles. The minimum atomic E-state index is -2.11. The molecule has 0 heterocycles. The van der Waals surface area contributed by atoms with Crippen molar-refractivity contribution in [2.75, 3.05) is 0 Å². The summed E-state index contributed by atoms with van der Waals surface area (Å²) >= 11 is 0. The Balaban J connectivity index is 4.32. The van der Waals surface area contributed by atoms with Crippen molar-refractivity contribution >= 4 is 17.1 Å². The van der Waals surface area contributed by atoms with Gasteiger partial charge in [0.25, 0.3) is 0 Å². The maximum Gasteiger partial charge on any atom is 0.323 e. The monoisotopic (exact) mass is 334 g/mol. The maximum absolute atomic E-state index is 6.36. The van der Waals surface area contributed by atoms with Crippen molar-refractivity contribution in [3.05, 3.63) is 0 Å². The van der Waals surface area contributed by atoms with Crippen molar-refractivity contribution < 1.29 is 13.0 Å². The second-order valence-corrected chi connectivity index (χ2v) is 13.9. The van der Waals surface area contributed by atoms with Crippen molar-refractivity contribution in [3.8, 4) is 0 Å². The van der Waals surface area contributed by atoms with Crippen LogP contribution in [0.1, 0.15) is 66.2 Å². The van der Waals surface area contributed by atoms with Gasteiger partial charge in [-0.1, -0.05) is 39.5 Å². The Morgan fingerprint density at radius 2 is 1.05 bits per heavy atom. The summed E-state index contributed by atoms with van der Waals surface area (Å²) < 4.78 is 18.8. The zero-order valence-corrected chi connectivity index (χ0v) is 17.6. The predicted molar refractivity (Wildman–Crippen MR) is 96.2 cm³/mol. The fourth-order valence-corrected chi connectivity index (χ4v) is 10.0. The average Bonchev–Trinajstić information content (AvgIpc) is 2.30. The molecule has 21 heavy (non-hydrogen) atoms. The molecule has 0 saturated heterocycles. The molecule has 0 aliphatic carbocycles. The zero-order valence-electron chi connectivity index (χ0n) is 15.6. The van der Waals surface area contributed by atoms with Crippen LogP contribution in [0.2, 0.25) is 26.2 Å². The molecule has 0 aliphatic heterocycles. The first-order valence-electron chi connectivity index (χ1n) is 8.67. The summed E-state index contributed by atoms with van der Waals surface area (Å²) in [4.78, 5) is 0. The first-order chi connectivity index (χ1) is 9.62. The molecule has 0 radical (unpaired) electrons. The third-order valence-corrected chi connectivity index (χ3v) is 9.26. The van der Waals surface area contributed by atoms with Gasteiger partial charge in [0, 0.05) is 12.2 Å². The van der Waals surface area contributed by atoms with Gasteiger partial charge in [0.15, 0.2) is 0 Å². The fourth-order valence-electron chi connectivity index (χ4n) is 2.71. The molecule has 0 N–H and O–H groups in total. The highest BCUT2D eigenvalue weighted by molar-refractivity contribution is 6.78. The second-order valence-electron chi connectivity index (χ2n) is 7.04. The van der Waals surface area contributed by atoms with Gasteiger partial charge in [-0.3, -0.25) is 0 Å². The van der Waals surface area contributed by atoms with Gasteiger partial charge in [-0.2, -0.15) is 0 Å². The molecule has 0 amide bonds. The third kappa shape index (κ3) is 11.5. The van der Waals surface area contributed by atoms with Gasteiger partial charge in [0.1, 0.15) is 0 Å². The minimum Gasteiger partial charge on any atom is -0.415 e. The Kier molecular flexibility index (Phi) is 10.3. The lowest BCUT2D eigenvalue weighted by atomic mass is 10.2. The van der Waals surface area contributed by atoms with E-state index in [1.54, 1.807) is 0 Å². The molecule has 0 spiro atoms. The van der Waals surface area contributed by atoms with Crippen LogP contribution in [0.15, 0.2) is 0 Å². The van der Waals surface area contributed by atoms with E-state index in [1.807, 2.05) is 0 Å². The van der Waals surface area contributed by atoms with Crippen LogP contribution in [0.3, 0.4) is 0 Å². The van der Waals surface area contributed by atoms with Crippen LogP contribution < -0.4 is 0 Å². The third-order valence-electron chi connectivity index (χ3n) is 3.39. The van der Waals surface area contributed by atoms with E-state index in [9.17, 15) is 0 Å². The summed E-state index contributed by atoms with van der Waals surface area (Å²) in [5.41, 5.74) is 0. The van der Waals surface area contributed by atoms with Crippen LogP contribution in [0.25, 0.3) is 0 Å². The lowest BCUT2D eigenvalue weighted by Gasteiger charge is -2.36. The van der Waals surface area contributed by atoms with Crippen molar-refractivity contribution in [1.82, 2.24) is 0 Å². The van der Waals surface area contributed by atoms with E-state index in [-0.39, 0.29) is 12.2 Å². The zero-order chi connectivity index (χ0) is 16.5. The molecule has 2 atom stereocenters. The quantitative estimate of drug-likeness (QED) is 0.435. The van der Waals surface area contributed by atoms with Crippen LogP contribution in [0.5, 0.6) is 0 Å². The molecule has 0 aliphatic rings. The molecular formula is C16H38O3Si2. The molecule has 0 fully saturated rings. The smallest absolute Gasteiger partial charge is 0.323 e. The van der Waals surface area contributed by atoms with Gasteiger partial charge in [-0.05, 0) is 52.9 Å². The first-order valence-corrected chi connectivity index (χ1v) is 14.3. The van der Waals surface area contributed by atoms with Gasteiger partial charge in [-0.25, -0.2) is 0 Å². The van der Waals surface area contributed by atoms with E-state index in [0.29, 0.717) is 0 Å². The molecule has 0 aromatic carbocycles. The van der Waals surface area contributed by atoms with Gasteiger partial charge < -0.3 is 13.0 Å². The summed E-state index contributed by atoms with van der Waals surface area (Å²) in [6.45, 7) is 17.3. The number of hydrogen-bond acceptors (Lipinski definition) is 3. The van der Waals surface area contributed by atoms with E-state index in [4.69, 9.17) is 13.0 Å². The largest absolute Gasteiger partial charge is 0.415 e. The van der Waals surface area contributed by atoms with Gasteiger partial charge in [0.2, 0.25) is 0 Å².